The minimum absolute atomic E-state index is 0.533. The molecule has 4 aliphatic carbocycles. The van der Waals surface area contributed by atoms with Gasteiger partial charge in [0, 0.05) is 0 Å². The van der Waals surface area contributed by atoms with Gasteiger partial charge >= 0.3 is 15.4 Å². The van der Waals surface area contributed by atoms with Gasteiger partial charge in [0.1, 0.15) is 6.61 Å². The number of nitrogens with zero attached hydrogens (tertiary/aromatic N) is 1. The van der Waals surface area contributed by atoms with Crippen molar-refractivity contribution in [3.05, 3.63) is 0 Å². The Hall–Kier alpha value is -0.640. The number of carbonyl (C=O) groups excluding carboxylic acids is 1. The van der Waals surface area contributed by atoms with Gasteiger partial charge in [-0.3, -0.25) is 9.35 Å². The third kappa shape index (κ3) is 6.43. The molecule has 0 aromatic carbocycles. The van der Waals surface area contributed by atoms with E-state index in [1.54, 1.807) is 0 Å². The van der Waals surface area contributed by atoms with Crippen LogP contribution in [0.1, 0.15) is 59.3 Å². The summed E-state index contributed by atoms with van der Waals surface area (Å²) in [5.41, 5.74) is -0.580. The van der Waals surface area contributed by atoms with Crippen LogP contribution >= 0.6 is 0 Å². The van der Waals surface area contributed by atoms with Crippen molar-refractivity contribution in [1.29, 1.82) is 0 Å². The predicted octanol–water partition coefficient (Wildman–Crippen LogP) is 3.40. The lowest BCUT2D eigenvalue weighted by Crippen LogP contribution is -2.53. The highest BCUT2D eigenvalue weighted by Gasteiger charge is 2.54. The topological polar surface area (TPSA) is 83.9 Å². The predicted molar refractivity (Wildman–Crippen MR) is 103 cm³/mol. The zero-order valence-corrected chi connectivity index (χ0v) is 17.8. The van der Waals surface area contributed by atoms with Crippen LogP contribution in [-0.2, 0) is 19.6 Å². The molecule has 4 saturated carbocycles. The molecule has 0 atom stereocenters. The van der Waals surface area contributed by atoms with Crippen LogP contribution in [0.15, 0.2) is 0 Å². The average Bonchev–Trinajstić information content (AvgIpc) is 2.62. The third-order valence-corrected chi connectivity index (χ3v) is 7.12. The Bertz CT molecular complexity index is 540. The molecule has 0 saturated heterocycles. The van der Waals surface area contributed by atoms with Crippen molar-refractivity contribution in [2.24, 2.45) is 17.8 Å². The summed E-state index contributed by atoms with van der Waals surface area (Å²) in [7, 11) is -5.39. The van der Waals surface area contributed by atoms with Crippen LogP contribution in [0, 0.1) is 17.8 Å². The number of halogens is 2. The molecule has 4 rings (SSSR count). The number of rotatable bonds is 7. The normalized spacial score (nSPS) is 31.0. The Morgan fingerprint density at radius 3 is 1.61 bits per heavy atom. The molecule has 0 unspecified atom stereocenters. The molecule has 0 heterocycles. The van der Waals surface area contributed by atoms with E-state index < -0.39 is 27.6 Å². The van der Waals surface area contributed by atoms with Crippen LogP contribution in [0.25, 0.3) is 0 Å². The quantitative estimate of drug-likeness (QED) is 0.630. The van der Waals surface area contributed by atoms with Crippen molar-refractivity contribution < 1.29 is 31.3 Å². The summed E-state index contributed by atoms with van der Waals surface area (Å²) in [6.45, 7) is 13.4. The van der Waals surface area contributed by atoms with E-state index in [4.69, 9.17) is 14.1 Å². The Labute approximate surface area is 167 Å². The van der Waals surface area contributed by atoms with Gasteiger partial charge in [0.25, 0.3) is 6.79 Å². The molecule has 4 bridgehead atoms. The maximum atomic E-state index is 13.3. The highest BCUT2D eigenvalue weighted by molar-refractivity contribution is 7.86. The molecule has 0 spiro atoms. The van der Waals surface area contributed by atoms with Gasteiger partial charge in [-0.15, -0.1) is 0 Å². The molecule has 9 heteroatoms. The summed E-state index contributed by atoms with van der Waals surface area (Å²) >= 11 is 0. The number of alkyl halides is 2. The zero-order chi connectivity index (χ0) is 21.6. The number of ether oxygens (including phenoxy) is 1. The standard InChI is InChI=1S/C12H18F2O4S.C6H15N.CO/c13-12(14,19(15,16)17)7-18-11-4-8-1-9(5-11)3-10(2-8)6-11;1-4-7(5-2)6-3;1-2/h8-10H,1-7H2,(H,15,16,17);4-6H2,1-3H3;. The molecule has 4 aliphatic rings. The van der Waals surface area contributed by atoms with Gasteiger partial charge < -0.3 is 9.64 Å². The second-order valence-corrected chi connectivity index (χ2v) is 9.67. The molecular weight excluding hydrogens is 392 g/mol. The molecule has 0 amide bonds. The second kappa shape index (κ2) is 10.4. The highest BCUT2D eigenvalue weighted by atomic mass is 32.2. The number of hydrogen-bond donors (Lipinski definition) is 1. The maximum absolute atomic E-state index is 13.3. The van der Waals surface area contributed by atoms with Crippen LogP contribution < -0.4 is 0 Å². The van der Waals surface area contributed by atoms with E-state index in [2.05, 4.69) is 32.5 Å². The summed E-state index contributed by atoms with van der Waals surface area (Å²) in [6, 6.07) is 0. The molecule has 4 fully saturated rings. The molecule has 1 N–H and O–H groups in total. The minimum atomic E-state index is -5.39. The van der Waals surface area contributed by atoms with Gasteiger partial charge in [-0.05, 0) is 75.9 Å². The lowest BCUT2D eigenvalue weighted by Gasteiger charge is -2.56. The van der Waals surface area contributed by atoms with Crippen LogP contribution in [0.5, 0.6) is 0 Å². The number of hydrogen-bond acceptors (Lipinski definition) is 5. The first kappa shape index (κ1) is 25.4. The Balaban J connectivity index is 0.000000372. The molecule has 0 aromatic heterocycles. The van der Waals surface area contributed by atoms with E-state index >= 15 is 0 Å². The van der Waals surface area contributed by atoms with Crippen molar-refractivity contribution in [1.82, 2.24) is 4.90 Å². The first-order chi connectivity index (χ1) is 13.0. The summed E-state index contributed by atoms with van der Waals surface area (Å²) in [4.78, 5) is 9.88. The molecule has 28 heavy (non-hydrogen) atoms. The van der Waals surface area contributed by atoms with E-state index in [9.17, 15) is 17.2 Å². The van der Waals surface area contributed by atoms with Gasteiger partial charge in [0.15, 0.2) is 0 Å². The van der Waals surface area contributed by atoms with Gasteiger partial charge in [-0.25, -0.2) is 0 Å². The SMILES string of the molecule is CCN(CC)CC.O=S(=O)(O)C(F)(F)COC12CC3CC(CC(C3)C1)C2.[C]=O. The lowest BCUT2D eigenvalue weighted by molar-refractivity contribution is -0.185. The van der Waals surface area contributed by atoms with Gasteiger partial charge in [0.05, 0.1) is 5.60 Å². The Morgan fingerprint density at radius 1 is 1.00 bits per heavy atom. The van der Waals surface area contributed by atoms with Crippen molar-refractivity contribution in [2.45, 2.75) is 70.2 Å². The summed E-state index contributed by atoms with van der Waals surface area (Å²) in [5.74, 6) is 1.60. The maximum Gasteiger partial charge on any atom is 0.392 e. The highest BCUT2D eigenvalue weighted by Crippen LogP contribution is 2.57. The molecule has 0 aliphatic heterocycles. The summed E-state index contributed by atoms with van der Waals surface area (Å²) < 4.78 is 61.5. The third-order valence-electron chi connectivity index (χ3n) is 6.25. The van der Waals surface area contributed by atoms with Gasteiger partial charge in [-0.2, -0.15) is 17.2 Å². The molecule has 164 valence electrons. The van der Waals surface area contributed by atoms with Crippen LogP contribution in [0.3, 0.4) is 0 Å². The van der Waals surface area contributed by atoms with Gasteiger partial charge in [0.2, 0.25) is 0 Å². The monoisotopic (exact) mass is 425 g/mol. The Kier molecular flexibility index (Phi) is 9.44. The van der Waals surface area contributed by atoms with Crippen LogP contribution in [0.2, 0.25) is 0 Å². The largest absolute Gasteiger partial charge is 0.392 e. The smallest absolute Gasteiger partial charge is 0.367 e. The molecule has 6 nitrogen and oxygen atoms in total. The van der Waals surface area contributed by atoms with E-state index in [-0.39, 0.29) is 0 Å². The van der Waals surface area contributed by atoms with E-state index in [1.165, 1.54) is 19.6 Å². The van der Waals surface area contributed by atoms with Crippen molar-refractivity contribution in [3.8, 4) is 0 Å². The average molecular weight is 426 g/mol. The Morgan fingerprint density at radius 2 is 1.36 bits per heavy atom. The van der Waals surface area contributed by atoms with Crippen LogP contribution in [0.4, 0.5) is 8.78 Å². The van der Waals surface area contributed by atoms with Crippen LogP contribution in [-0.4, -0.2) is 61.8 Å². The van der Waals surface area contributed by atoms with E-state index in [1.807, 2.05) is 0 Å². The van der Waals surface area contributed by atoms with E-state index in [0.717, 1.165) is 38.5 Å². The lowest BCUT2D eigenvalue weighted by atomic mass is 9.54. The summed E-state index contributed by atoms with van der Waals surface area (Å²) in [5, 5.41) is -4.21. The van der Waals surface area contributed by atoms with Crippen molar-refractivity contribution in [3.63, 3.8) is 0 Å². The fourth-order valence-electron chi connectivity index (χ4n) is 5.19. The van der Waals surface area contributed by atoms with Crippen molar-refractivity contribution in [2.75, 3.05) is 26.2 Å². The van der Waals surface area contributed by atoms with Crippen molar-refractivity contribution >= 4 is 16.9 Å². The molecule has 0 aromatic rings. The van der Waals surface area contributed by atoms with E-state index in [0.29, 0.717) is 17.8 Å². The fraction of sp³-hybridized carbons (Fsp3) is 0.947. The van der Waals surface area contributed by atoms with Gasteiger partial charge in [-0.1, -0.05) is 20.8 Å². The first-order valence-corrected chi connectivity index (χ1v) is 11.4. The molecule has 2 radical (unpaired) electrons. The second-order valence-electron chi connectivity index (χ2n) is 8.12. The fourth-order valence-corrected chi connectivity index (χ4v) is 5.40. The summed E-state index contributed by atoms with van der Waals surface area (Å²) in [6.07, 6.45) is 5.70. The first-order valence-electron chi connectivity index (χ1n) is 9.95. The minimum Gasteiger partial charge on any atom is -0.367 e. The zero-order valence-electron chi connectivity index (χ0n) is 17.0. The molecular formula is C19H33F2NO5S.